The number of rotatable bonds is 3. The molecule has 2 rings (SSSR count). The molecule has 0 spiro atoms. The predicted octanol–water partition coefficient (Wildman–Crippen LogP) is 0.460. The van der Waals surface area contributed by atoms with Gasteiger partial charge in [-0.1, -0.05) is 6.42 Å². The molecule has 94 valence electrons. The highest BCUT2D eigenvalue weighted by molar-refractivity contribution is 7.89. The van der Waals surface area contributed by atoms with Crippen molar-refractivity contribution in [2.75, 3.05) is 6.54 Å². The molecule has 1 aromatic rings. The van der Waals surface area contributed by atoms with Crippen molar-refractivity contribution in [2.24, 2.45) is 0 Å². The summed E-state index contributed by atoms with van der Waals surface area (Å²) in [5, 5.41) is 0.0590. The number of nitrogens with one attached hydrogen (secondary N) is 1. The molecule has 1 atom stereocenters. The van der Waals surface area contributed by atoms with Crippen molar-refractivity contribution in [3.8, 4) is 0 Å². The maximum absolute atomic E-state index is 12.3. The Morgan fingerprint density at radius 3 is 2.88 bits per heavy atom. The average Bonchev–Trinajstić information content (AvgIpc) is 2.76. The number of H-pyrrole nitrogens is 1. The standard InChI is InChI=1S/C10H15N3O3S/c1-8-11-6-10(12-8)17(15,16)13-5-3-2-4-9(13)7-14/h6-7,9H,2-5H2,1H3,(H,11,12). The van der Waals surface area contributed by atoms with Crippen LogP contribution in [0.3, 0.4) is 0 Å². The van der Waals surface area contributed by atoms with Gasteiger partial charge in [0, 0.05) is 6.54 Å². The van der Waals surface area contributed by atoms with E-state index in [1.54, 1.807) is 6.92 Å². The third-order valence-corrected chi connectivity index (χ3v) is 4.76. The number of aromatic amines is 1. The number of hydrogen-bond donors (Lipinski definition) is 1. The van der Waals surface area contributed by atoms with Gasteiger partial charge >= 0.3 is 0 Å². The number of aldehydes is 1. The third-order valence-electron chi connectivity index (χ3n) is 2.92. The molecule has 0 amide bonds. The molecule has 1 aliphatic rings. The van der Waals surface area contributed by atoms with E-state index in [1.807, 2.05) is 0 Å². The molecule has 1 aromatic heterocycles. The number of hydrogen-bond acceptors (Lipinski definition) is 4. The summed E-state index contributed by atoms with van der Waals surface area (Å²) in [6.45, 7) is 2.08. The normalized spacial score (nSPS) is 22.5. The van der Waals surface area contributed by atoms with Crippen LogP contribution in [-0.4, -0.2) is 41.6 Å². The van der Waals surface area contributed by atoms with Gasteiger partial charge in [0.05, 0.1) is 12.2 Å². The number of aryl methyl sites for hydroxylation is 1. The minimum Gasteiger partial charge on any atom is -0.332 e. The van der Waals surface area contributed by atoms with Gasteiger partial charge in [-0.05, 0) is 19.8 Å². The van der Waals surface area contributed by atoms with Crippen LogP contribution in [0.25, 0.3) is 0 Å². The molecule has 17 heavy (non-hydrogen) atoms. The summed E-state index contributed by atoms with van der Waals surface area (Å²) in [6.07, 6.45) is 4.27. The maximum atomic E-state index is 12.3. The van der Waals surface area contributed by atoms with Crippen LogP contribution in [0, 0.1) is 6.92 Å². The van der Waals surface area contributed by atoms with E-state index in [0.29, 0.717) is 25.1 Å². The number of piperidine rings is 1. The molecule has 1 saturated heterocycles. The van der Waals surface area contributed by atoms with Crippen molar-refractivity contribution in [3.63, 3.8) is 0 Å². The van der Waals surface area contributed by atoms with E-state index in [4.69, 9.17) is 0 Å². The monoisotopic (exact) mass is 257 g/mol. The Balaban J connectivity index is 2.34. The van der Waals surface area contributed by atoms with Crippen LogP contribution in [0.4, 0.5) is 0 Å². The predicted molar refractivity (Wildman–Crippen MR) is 60.9 cm³/mol. The first-order valence-electron chi connectivity index (χ1n) is 5.54. The molecule has 0 aliphatic carbocycles. The number of sulfonamides is 1. The Labute approximate surface area is 100 Å². The van der Waals surface area contributed by atoms with Crippen LogP contribution in [0.5, 0.6) is 0 Å². The minimum atomic E-state index is -3.62. The molecule has 1 N–H and O–H groups in total. The van der Waals surface area contributed by atoms with Crippen LogP contribution >= 0.6 is 0 Å². The first kappa shape index (κ1) is 12.3. The van der Waals surface area contributed by atoms with Gasteiger partial charge in [-0.25, -0.2) is 13.4 Å². The summed E-state index contributed by atoms with van der Waals surface area (Å²) in [5.74, 6) is 0.545. The van der Waals surface area contributed by atoms with Gasteiger partial charge in [0.25, 0.3) is 10.0 Å². The van der Waals surface area contributed by atoms with Crippen molar-refractivity contribution in [1.82, 2.24) is 14.3 Å². The fraction of sp³-hybridized carbons (Fsp3) is 0.600. The van der Waals surface area contributed by atoms with Gasteiger partial charge in [-0.15, -0.1) is 0 Å². The Bertz CT molecular complexity index is 509. The maximum Gasteiger partial charge on any atom is 0.260 e. The van der Waals surface area contributed by atoms with E-state index in [1.165, 1.54) is 10.5 Å². The lowest BCUT2D eigenvalue weighted by molar-refractivity contribution is -0.111. The zero-order valence-electron chi connectivity index (χ0n) is 9.59. The zero-order chi connectivity index (χ0) is 12.5. The molecule has 1 unspecified atom stereocenters. The van der Waals surface area contributed by atoms with Crippen molar-refractivity contribution in [3.05, 3.63) is 12.0 Å². The lowest BCUT2D eigenvalue weighted by atomic mass is 10.1. The second-order valence-electron chi connectivity index (χ2n) is 4.15. The van der Waals surface area contributed by atoms with Crippen LogP contribution in [0.15, 0.2) is 11.2 Å². The fourth-order valence-electron chi connectivity index (χ4n) is 2.02. The largest absolute Gasteiger partial charge is 0.332 e. The molecule has 0 aromatic carbocycles. The molecular formula is C10H15N3O3S. The Morgan fingerprint density at radius 2 is 2.29 bits per heavy atom. The SMILES string of the molecule is Cc1ncc(S(=O)(=O)N2CCCCC2C=O)[nH]1. The van der Waals surface area contributed by atoms with Crippen LogP contribution in [-0.2, 0) is 14.8 Å². The van der Waals surface area contributed by atoms with E-state index >= 15 is 0 Å². The van der Waals surface area contributed by atoms with E-state index in [9.17, 15) is 13.2 Å². The zero-order valence-corrected chi connectivity index (χ0v) is 10.4. The number of carbonyl (C=O) groups excluding carboxylic acids is 1. The van der Waals surface area contributed by atoms with E-state index in [2.05, 4.69) is 9.97 Å². The summed E-state index contributed by atoms with van der Waals surface area (Å²) in [6, 6.07) is -0.544. The first-order valence-corrected chi connectivity index (χ1v) is 6.98. The van der Waals surface area contributed by atoms with Crippen LogP contribution < -0.4 is 0 Å². The second kappa shape index (κ2) is 4.58. The highest BCUT2D eigenvalue weighted by Crippen LogP contribution is 2.23. The van der Waals surface area contributed by atoms with Gasteiger partial charge in [-0.2, -0.15) is 4.31 Å². The Morgan fingerprint density at radius 1 is 1.53 bits per heavy atom. The Hall–Kier alpha value is -1.21. The van der Waals surface area contributed by atoms with E-state index in [0.717, 1.165) is 12.8 Å². The second-order valence-corrected chi connectivity index (χ2v) is 6.01. The van der Waals surface area contributed by atoms with E-state index in [-0.39, 0.29) is 5.03 Å². The molecule has 0 bridgehead atoms. The lowest BCUT2D eigenvalue weighted by Gasteiger charge is -2.30. The van der Waals surface area contributed by atoms with Gasteiger partial charge in [0.15, 0.2) is 5.03 Å². The number of carbonyl (C=O) groups is 1. The van der Waals surface area contributed by atoms with Crippen LogP contribution in [0.1, 0.15) is 25.1 Å². The highest BCUT2D eigenvalue weighted by atomic mass is 32.2. The average molecular weight is 257 g/mol. The topological polar surface area (TPSA) is 83.1 Å². The molecule has 0 radical (unpaired) electrons. The third kappa shape index (κ3) is 2.25. The summed E-state index contributed by atoms with van der Waals surface area (Å²) in [4.78, 5) is 17.5. The molecule has 1 aliphatic heterocycles. The smallest absolute Gasteiger partial charge is 0.260 e. The van der Waals surface area contributed by atoms with E-state index < -0.39 is 16.1 Å². The minimum absolute atomic E-state index is 0.0590. The van der Waals surface area contributed by atoms with Gasteiger partial charge in [0.2, 0.25) is 0 Å². The Kier molecular flexibility index (Phi) is 3.30. The summed E-state index contributed by atoms with van der Waals surface area (Å²) in [5.41, 5.74) is 0. The molecule has 1 fully saturated rings. The summed E-state index contributed by atoms with van der Waals surface area (Å²) < 4.78 is 25.8. The quantitative estimate of drug-likeness (QED) is 0.797. The molecule has 6 nitrogen and oxygen atoms in total. The highest BCUT2D eigenvalue weighted by Gasteiger charge is 2.34. The first-order chi connectivity index (χ1) is 8.05. The van der Waals surface area contributed by atoms with Crippen molar-refractivity contribution in [1.29, 1.82) is 0 Å². The van der Waals surface area contributed by atoms with Gasteiger partial charge in [-0.3, -0.25) is 0 Å². The number of imidazole rings is 1. The van der Waals surface area contributed by atoms with Crippen molar-refractivity contribution < 1.29 is 13.2 Å². The summed E-state index contributed by atoms with van der Waals surface area (Å²) in [7, 11) is -3.62. The lowest BCUT2D eigenvalue weighted by Crippen LogP contribution is -2.44. The number of aromatic nitrogens is 2. The van der Waals surface area contributed by atoms with Gasteiger partial charge < -0.3 is 9.78 Å². The molecule has 0 saturated carbocycles. The van der Waals surface area contributed by atoms with Crippen molar-refractivity contribution in [2.45, 2.75) is 37.3 Å². The van der Waals surface area contributed by atoms with Crippen LogP contribution in [0.2, 0.25) is 0 Å². The summed E-state index contributed by atoms with van der Waals surface area (Å²) >= 11 is 0. The molecule has 2 heterocycles. The van der Waals surface area contributed by atoms with Crippen molar-refractivity contribution >= 4 is 16.3 Å². The number of nitrogens with zero attached hydrogens (tertiary/aromatic N) is 2. The van der Waals surface area contributed by atoms with Gasteiger partial charge in [0.1, 0.15) is 12.1 Å². The fourth-order valence-corrected chi connectivity index (χ4v) is 3.62. The molecule has 7 heteroatoms. The molecular weight excluding hydrogens is 242 g/mol.